The number of aromatic nitrogens is 4. The summed E-state index contributed by atoms with van der Waals surface area (Å²) in [5.74, 6) is 2.40. The lowest BCUT2D eigenvalue weighted by atomic mass is 9.91. The van der Waals surface area contributed by atoms with Crippen molar-refractivity contribution in [2.75, 3.05) is 5.32 Å². The molecule has 0 unspecified atom stereocenters. The highest BCUT2D eigenvalue weighted by atomic mass is 35.5. The zero-order valence-corrected chi connectivity index (χ0v) is 21.3. The molecule has 1 aromatic carbocycles. The topological polar surface area (TPSA) is 84.7 Å². The van der Waals surface area contributed by atoms with E-state index in [4.69, 9.17) is 21.6 Å². The van der Waals surface area contributed by atoms with Crippen molar-refractivity contribution in [1.29, 1.82) is 0 Å². The Labute approximate surface area is 206 Å². The van der Waals surface area contributed by atoms with Crippen molar-refractivity contribution >= 4 is 34.4 Å². The van der Waals surface area contributed by atoms with Gasteiger partial charge in [-0.25, -0.2) is 14.6 Å². The van der Waals surface area contributed by atoms with E-state index in [1.165, 1.54) is 0 Å². The van der Waals surface area contributed by atoms with Crippen molar-refractivity contribution < 1.29 is 4.79 Å². The molecule has 0 bridgehead atoms. The standard InChI is InChI=1S/C26H35ClN6O/c1-5-17(4)24-31-25(30-19-12-10-18(11-13-19)29-23(34)14-16(2)3)20-15-28-33(26(20)32-24)22-9-7-6-8-21(22)27/h6-9,15-19H,5,10-14H2,1-4H3,(H,29,34)(H,30,31,32)/t17-,18?,19?/m0/s1. The van der Waals surface area contributed by atoms with Crippen LogP contribution in [0.1, 0.15) is 78.0 Å². The smallest absolute Gasteiger partial charge is 0.220 e. The highest BCUT2D eigenvalue weighted by molar-refractivity contribution is 6.32. The van der Waals surface area contributed by atoms with Gasteiger partial charge in [-0.05, 0) is 50.2 Å². The highest BCUT2D eigenvalue weighted by Gasteiger charge is 2.25. The molecule has 1 aliphatic carbocycles. The number of nitrogens with one attached hydrogen (secondary N) is 2. The molecule has 0 saturated heterocycles. The first-order chi connectivity index (χ1) is 16.4. The van der Waals surface area contributed by atoms with Crippen LogP contribution in [0.5, 0.6) is 0 Å². The van der Waals surface area contributed by atoms with E-state index in [9.17, 15) is 4.79 Å². The molecule has 0 spiro atoms. The van der Waals surface area contributed by atoms with Crippen LogP contribution in [0.15, 0.2) is 30.5 Å². The van der Waals surface area contributed by atoms with E-state index in [0.717, 1.165) is 60.5 Å². The van der Waals surface area contributed by atoms with Gasteiger partial charge in [-0.1, -0.05) is 51.4 Å². The van der Waals surface area contributed by atoms with E-state index >= 15 is 0 Å². The molecule has 1 aliphatic rings. The van der Waals surface area contributed by atoms with Crippen molar-refractivity contribution in [3.8, 4) is 5.69 Å². The molecule has 1 fully saturated rings. The molecule has 7 nitrogen and oxygen atoms in total. The minimum absolute atomic E-state index is 0.161. The average Bonchev–Trinajstić information content (AvgIpc) is 3.23. The second-order valence-corrected chi connectivity index (χ2v) is 10.3. The van der Waals surface area contributed by atoms with Gasteiger partial charge >= 0.3 is 0 Å². The van der Waals surface area contributed by atoms with Crippen molar-refractivity contribution in [3.63, 3.8) is 0 Å². The zero-order valence-electron chi connectivity index (χ0n) is 20.5. The molecule has 2 N–H and O–H groups in total. The maximum absolute atomic E-state index is 12.2. The van der Waals surface area contributed by atoms with Crippen LogP contribution in [0.25, 0.3) is 16.7 Å². The van der Waals surface area contributed by atoms with Crippen molar-refractivity contribution in [2.24, 2.45) is 5.92 Å². The molecule has 1 saturated carbocycles. The number of carbonyl (C=O) groups excluding carboxylic acids is 1. The van der Waals surface area contributed by atoms with E-state index in [1.54, 1.807) is 4.68 Å². The van der Waals surface area contributed by atoms with Crippen LogP contribution in [0.3, 0.4) is 0 Å². The van der Waals surface area contributed by atoms with Crippen LogP contribution in [-0.4, -0.2) is 37.7 Å². The predicted octanol–water partition coefficient (Wildman–Crippen LogP) is 5.87. The van der Waals surface area contributed by atoms with Crippen molar-refractivity contribution in [2.45, 2.75) is 84.2 Å². The molecule has 0 aliphatic heterocycles. The molecule has 182 valence electrons. The van der Waals surface area contributed by atoms with Gasteiger partial charge in [-0.2, -0.15) is 5.10 Å². The molecule has 1 amide bonds. The monoisotopic (exact) mass is 482 g/mol. The van der Waals surface area contributed by atoms with Gasteiger partial charge in [0, 0.05) is 24.4 Å². The Bertz CT molecular complexity index is 1140. The second kappa shape index (κ2) is 10.7. The Hall–Kier alpha value is -2.67. The Morgan fingerprint density at radius 1 is 1.12 bits per heavy atom. The number of halogens is 1. The normalized spacial score (nSPS) is 19.4. The van der Waals surface area contributed by atoms with Crippen LogP contribution in [0.4, 0.5) is 5.82 Å². The number of nitrogens with zero attached hydrogens (tertiary/aromatic N) is 4. The van der Waals surface area contributed by atoms with Gasteiger partial charge in [0.15, 0.2) is 5.65 Å². The van der Waals surface area contributed by atoms with E-state index < -0.39 is 0 Å². The molecule has 3 aromatic rings. The second-order valence-electron chi connectivity index (χ2n) is 9.84. The molecular formula is C26H35ClN6O. The summed E-state index contributed by atoms with van der Waals surface area (Å²) in [6, 6.07) is 8.22. The maximum atomic E-state index is 12.2. The Morgan fingerprint density at radius 3 is 2.50 bits per heavy atom. The SMILES string of the molecule is CC[C@H](C)c1nc(NC2CCC(NC(=O)CC(C)C)CC2)c2cnn(-c3ccccc3Cl)c2n1. The third-order valence-corrected chi connectivity index (χ3v) is 6.93. The summed E-state index contributed by atoms with van der Waals surface area (Å²) in [7, 11) is 0. The van der Waals surface area contributed by atoms with Crippen LogP contribution in [0, 0.1) is 5.92 Å². The van der Waals surface area contributed by atoms with Gasteiger partial charge < -0.3 is 10.6 Å². The number of fused-ring (bicyclic) bond motifs is 1. The fourth-order valence-electron chi connectivity index (χ4n) is 4.47. The molecule has 0 radical (unpaired) electrons. The fourth-order valence-corrected chi connectivity index (χ4v) is 4.69. The summed E-state index contributed by atoms with van der Waals surface area (Å²) in [5.41, 5.74) is 1.56. The molecule has 4 rings (SSSR count). The Kier molecular flexibility index (Phi) is 7.71. The lowest BCUT2D eigenvalue weighted by Gasteiger charge is -2.30. The number of benzene rings is 1. The summed E-state index contributed by atoms with van der Waals surface area (Å²) in [6.45, 7) is 8.44. The molecule has 2 heterocycles. The maximum Gasteiger partial charge on any atom is 0.220 e. The van der Waals surface area contributed by atoms with E-state index in [0.29, 0.717) is 23.4 Å². The number of hydrogen-bond acceptors (Lipinski definition) is 5. The number of anilines is 1. The van der Waals surface area contributed by atoms with Gasteiger partial charge in [0.2, 0.25) is 5.91 Å². The van der Waals surface area contributed by atoms with Gasteiger partial charge in [0.25, 0.3) is 0 Å². The number of amides is 1. The summed E-state index contributed by atoms with van der Waals surface area (Å²) in [4.78, 5) is 22.0. The van der Waals surface area contributed by atoms with Crippen LogP contribution < -0.4 is 10.6 Å². The largest absolute Gasteiger partial charge is 0.367 e. The van der Waals surface area contributed by atoms with Gasteiger partial charge in [0.1, 0.15) is 11.6 Å². The summed E-state index contributed by atoms with van der Waals surface area (Å²) < 4.78 is 1.80. The lowest BCUT2D eigenvalue weighted by molar-refractivity contribution is -0.122. The predicted molar refractivity (Wildman–Crippen MR) is 138 cm³/mol. The van der Waals surface area contributed by atoms with Crippen LogP contribution in [0.2, 0.25) is 5.02 Å². The summed E-state index contributed by atoms with van der Waals surface area (Å²) >= 11 is 6.47. The quantitative estimate of drug-likeness (QED) is 0.419. The van der Waals surface area contributed by atoms with Crippen LogP contribution in [-0.2, 0) is 4.79 Å². The Morgan fingerprint density at radius 2 is 1.82 bits per heavy atom. The zero-order chi connectivity index (χ0) is 24.2. The van der Waals surface area contributed by atoms with E-state index in [-0.39, 0.29) is 17.9 Å². The van der Waals surface area contributed by atoms with Gasteiger partial charge in [0.05, 0.1) is 22.3 Å². The van der Waals surface area contributed by atoms with Gasteiger partial charge in [-0.15, -0.1) is 0 Å². The minimum atomic E-state index is 0.161. The Balaban J connectivity index is 1.56. The minimum Gasteiger partial charge on any atom is -0.367 e. The third kappa shape index (κ3) is 5.52. The summed E-state index contributed by atoms with van der Waals surface area (Å²) in [6.07, 6.45) is 7.25. The number of hydrogen-bond donors (Lipinski definition) is 2. The molecule has 8 heteroatoms. The number of carbonyl (C=O) groups is 1. The first kappa shape index (κ1) is 24.5. The molecular weight excluding hydrogens is 448 g/mol. The molecule has 1 atom stereocenters. The van der Waals surface area contributed by atoms with E-state index in [1.807, 2.05) is 30.5 Å². The van der Waals surface area contributed by atoms with E-state index in [2.05, 4.69) is 43.4 Å². The number of rotatable bonds is 8. The van der Waals surface area contributed by atoms with Gasteiger partial charge in [-0.3, -0.25) is 4.79 Å². The molecule has 34 heavy (non-hydrogen) atoms. The lowest BCUT2D eigenvalue weighted by Crippen LogP contribution is -2.40. The first-order valence-corrected chi connectivity index (χ1v) is 12.8. The average molecular weight is 483 g/mol. The summed E-state index contributed by atoms with van der Waals surface area (Å²) in [5, 5.41) is 13.0. The van der Waals surface area contributed by atoms with Crippen molar-refractivity contribution in [1.82, 2.24) is 25.1 Å². The highest BCUT2D eigenvalue weighted by Crippen LogP contribution is 2.30. The third-order valence-electron chi connectivity index (χ3n) is 6.61. The first-order valence-electron chi connectivity index (χ1n) is 12.4. The fraction of sp³-hybridized carbons (Fsp3) is 0.538. The molecule has 2 aromatic heterocycles. The van der Waals surface area contributed by atoms with Crippen LogP contribution >= 0.6 is 11.6 Å². The number of para-hydroxylation sites is 1. The van der Waals surface area contributed by atoms with Crippen molar-refractivity contribution in [3.05, 3.63) is 41.3 Å².